The van der Waals surface area contributed by atoms with Gasteiger partial charge in [0.15, 0.2) is 0 Å². The maximum atomic E-state index is 12.7. The van der Waals surface area contributed by atoms with Crippen LogP contribution in [0.4, 0.5) is 0 Å². The summed E-state index contributed by atoms with van der Waals surface area (Å²) >= 11 is 0. The molecular weight excluding hydrogens is 522 g/mol. The lowest BCUT2D eigenvalue weighted by atomic mass is 10.1. The largest absolute Gasteiger partial charge is 0.352 e. The quantitative estimate of drug-likeness (QED) is 0.374. The van der Waals surface area contributed by atoms with Gasteiger partial charge in [-0.05, 0) is 67.1 Å². The van der Waals surface area contributed by atoms with E-state index < -0.39 is 20.0 Å². The molecule has 0 unspecified atom stereocenters. The first-order valence-electron chi connectivity index (χ1n) is 12.7. The fraction of sp³-hybridized carbons (Fsp3) is 0.321. The molecule has 1 atom stereocenters. The Balaban J connectivity index is 1.25. The predicted molar refractivity (Wildman–Crippen MR) is 146 cm³/mol. The van der Waals surface area contributed by atoms with E-state index in [2.05, 4.69) is 10.0 Å². The molecule has 1 amide bonds. The number of nitrogens with one attached hydrogen (secondary N) is 2. The van der Waals surface area contributed by atoms with Gasteiger partial charge >= 0.3 is 0 Å². The third-order valence-electron chi connectivity index (χ3n) is 6.62. The monoisotopic (exact) mass is 555 g/mol. The maximum Gasteiger partial charge on any atom is 0.243 e. The molecule has 202 valence electrons. The number of nitrogens with zero attached hydrogens (tertiary/aromatic N) is 1. The lowest BCUT2D eigenvalue weighted by Crippen LogP contribution is -2.28. The zero-order valence-electron chi connectivity index (χ0n) is 21.3. The van der Waals surface area contributed by atoms with Gasteiger partial charge in [0.1, 0.15) is 0 Å². The van der Waals surface area contributed by atoms with Crippen molar-refractivity contribution in [2.45, 2.75) is 55.0 Å². The summed E-state index contributed by atoms with van der Waals surface area (Å²) < 4.78 is 55.0. The van der Waals surface area contributed by atoms with Crippen molar-refractivity contribution in [2.24, 2.45) is 0 Å². The molecule has 2 N–H and O–H groups in total. The molecule has 10 heteroatoms. The average Bonchev–Trinajstić information content (AvgIpc) is 3.48. The van der Waals surface area contributed by atoms with Gasteiger partial charge in [0.25, 0.3) is 0 Å². The minimum absolute atomic E-state index is 0.145. The highest BCUT2D eigenvalue weighted by Gasteiger charge is 2.26. The van der Waals surface area contributed by atoms with Crippen LogP contribution in [0.5, 0.6) is 0 Å². The summed E-state index contributed by atoms with van der Waals surface area (Å²) in [5.74, 6) is -0.145. The zero-order valence-corrected chi connectivity index (χ0v) is 23.0. The Hall–Kier alpha value is -3.05. The van der Waals surface area contributed by atoms with Crippen LogP contribution >= 0.6 is 0 Å². The molecule has 1 saturated heterocycles. The smallest absolute Gasteiger partial charge is 0.243 e. The summed E-state index contributed by atoms with van der Waals surface area (Å²) in [5.41, 5.74) is 2.54. The van der Waals surface area contributed by atoms with E-state index in [0.29, 0.717) is 26.1 Å². The molecule has 0 spiro atoms. The van der Waals surface area contributed by atoms with Crippen molar-refractivity contribution in [3.05, 3.63) is 95.6 Å². The van der Waals surface area contributed by atoms with Gasteiger partial charge in [0, 0.05) is 32.1 Å². The molecule has 1 aliphatic rings. The number of sulfonamides is 2. The third-order valence-corrected chi connectivity index (χ3v) is 10.1. The molecule has 0 saturated carbocycles. The van der Waals surface area contributed by atoms with Crippen LogP contribution in [0.1, 0.15) is 48.9 Å². The van der Waals surface area contributed by atoms with E-state index in [1.807, 2.05) is 30.3 Å². The van der Waals surface area contributed by atoms with E-state index >= 15 is 0 Å². The number of carbonyl (C=O) groups excluding carboxylic acids is 1. The molecule has 1 fully saturated rings. The second-order valence-electron chi connectivity index (χ2n) is 9.43. The molecule has 0 aliphatic carbocycles. The Morgan fingerprint density at radius 2 is 1.39 bits per heavy atom. The van der Waals surface area contributed by atoms with Gasteiger partial charge in [-0.15, -0.1) is 0 Å². The molecular formula is C28H33N3O5S2. The van der Waals surface area contributed by atoms with Crippen molar-refractivity contribution in [2.75, 3.05) is 13.1 Å². The molecule has 0 radical (unpaired) electrons. The number of amides is 1. The van der Waals surface area contributed by atoms with Crippen LogP contribution in [0.25, 0.3) is 0 Å². The molecule has 8 nitrogen and oxygen atoms in total. The Labute approximate surface area is 225 Å². The van der Waals surface area contributed by atoms with Crippen LogP contribution in [0.3, 0.4) is 0 Å². The molecule has 1 aliphatic heterocycles. The van der Waals surface area contributed by atoms with Crippen LogP contribution in [0.15, 0.2) is 88.7 Å². The second kappa shape index (κ2) is 12.2. The Morgan fingerprint density at radius 3 is 2.03 bits per heavy atom. The summed E-state index contributed by atoms with van der Waals surface area (Å²) in [7, 11) is -7.13. The van der Waals surface area contributed by atoms with E-state index in [-0.39, 0.29) is 28.2 Å². The topological polar surface area (TPSA) is 113 Å². The normalized spacial score (nSPS) is 15.3. The van der Waals surface area contributed by atoms with Crippen LogP contribution < -0.4 is 10.0 Å². The fourth-order valence-corrected chi connectivity index (χ4v) is 7.10. The molecule has 3 aromatic rings. The average molecular weight is 556 g/mol. The molecule has 3 aromatic carbocycles. The van der Waals surface area contributed by atoms with Crippen molar-refractivity contribution in [1.82, 2.24) is 14.3 Å². The molecule has 38 heavy (non-hydrogen) atoms. The zero-order chi connectivity index (χ0) is 27.2. The number of carbonyl (C=O) groups is 1. The van der Waals surface area contributed by atoms with Crippen LogP contribution in [-0.4, -0.2) is 40.1 Å². The summed E-state index contributed by atoms with van der Waals surface area (Å²) in [6.45, 7) is 3.21. The van der Waals surface area contributed by atoms with Gasteiger partial charge in [-0.1, -0.05) is 54.6 Å². The number of aryl methyl sites for hydroxylation is 1. The van der Waals surface area contributed by atoms with Crippen molar-refractivity contribution in [3.8, 4) is 0 Å². The highest BCUT2D eigenvalue weighted by Crippen LogP contribution is 2.21. The molecule has 0 bridgehead atoms. The standard InChI is InChI=1S/C28H33N3O5S2/c1-22(25-7-3-2-4-8-25)30-37(33,34)26-14-9-23(10-15-26)13-18-28(32)29-21-24-11-16-27(17-12-24)38(35,36)31-19-5-6-20-31/h2-4,7-12,14-17,22,30H,5-6,13,18-21H2,1H3,(H,29,32)/t22-/m1/s1. The maximum absolute atomic E-state index is 12.7. The Morgan fingerprint density at radius 1 is 0.816 bits per heavy atom. The molecule has 0 aromatic heterocycles. The van der Waals surface area contributed by atoms with Gasteiger partial charge in [0.05, 0.1) is 9.79 Å². The first-order chi connectivity index (χ1) is 18.1. The van der Waals surface area contributed by atoms with Gasteiger partial charge in [-0.3, -0.25) is 4.79 Å². The minimum atomic E-state index is -3.68. The highest BCUT2D eigenvalue weighted by molar-refractivity contribution is 7.89. The van der Waals surface area contributed by atoms with Crippen LogP contribution in [-0.2, 0) is 37.8 Å². The highest BCUT2D eigenvalue weighted by atomic mass is 32.2. The van der Waals surface area contributed by atoms with Crippen molar-refractivity contribution < 1.29 is 21.6 Å². The van der Waals surface area contributed by atoms with E-state index in [1.54, 1.807) is 55.5 Å². The summed E-state index contributed by atoms with van der Waals surface area (Å²) in [4.78, 5) is 12.8. The van der Waals surface area contributed by atoms with E-state index in [0.717, 1.165) is 29.5 Å². The third kappa shape index (κ3) is 7.08. The van der Waals surface area contributed by atoms with Crippen molar-refractivity contribution >= 4 is 26.0 Å². The van der Waals surface area contributed by atoms with Gasteiger partial charge in [0.2, 0.25) is 26.0 Å². The summed E-state index contributed by atoms with van der Waals surface area (Å²) in [5, 5.41) is 2.85. The van der Waals surface area contributed by atoms with Crippen molar-refractivity contribution in [1.29, 1.82) is 0 Å². The Kier molecular flexibility index (Phi) is 8.99. The van der Waals surface area contributed by atoms with E-state index in [9.17, 15) is 21.6 Å². The van der Waals surface area contributed by atoms with Gasteiger partial charge in [-0.2, -0.15) is 4.31 Å². The number of benzene rings is 3. The van der Waals surface area contributed by atoms with Crippen molar-refractivity contribution in [3.63, 3.8) is 0 Å². The van der Waals surface area contributed by atoms with E-state index in [1.165, 1.54) is 4.31 Å². The number of hydrogen-bond donors (Lipinski definition) is 2. The predicted octanol–water partition coefficient (Wildman–Crippen LogP) is 3.76. The SMILES string of the molecule is C[C@@H](NS(=O)(=O)c1ccc(CCC(=O)NCc2ccc(S(=O)(=O)N3CCCC3)cc2)cc1)c1ccccc1. The fourth-order valence-electron chi connectivity index (χ4n) is 4.35. The van der Waals surface area contributed by atoms with Crippen LogP contribution in [0, 0.1) is 0 Å². The first kappa shape index (κ1) is 28.0. The Bertz CT molecular complexity index is 1430. The van der Waals surface area contributed by atoms with Gasteiger partial charge < -0.3 is 5.32 Å². The summed E-state index contributed by atoms with van der Waals surface area (Å²) in [6, 6.07) is 22.1. The van der Waals surface area contributed by atoms with E-state index in [4.69, 9.17) is 0 Å². The van der Waals surface area contributed by atoms with Crippen LogP contribution in [0.2, 0.25) is 0 Å². The number of rotatable bonds is 11. The number of hydrogen-bond acceptors (Lipinski definition) is 5. The molecule has 4 rings (SSSR count). The minimum Gasteiger partial charge on any atom is -0.352 e. The lowest BCUT2D eigenvalue weighted by Gasteiger charge is -2.15. The first-order valence-corrected chi connectivity index (χ1v) is 15.6. The van der Waals surface area contributed by atoms with Gasteiger partial charge in [-0.25, -0.2) is 21.6 Å². The lowest BCUT2D eigenvalue weighted by molar-refractivity contribution is -0.121. The molecule has 1 heterocycles. The summed E-state index contributed by atoms with van der Waals surface area (Å²) in [6.07, 6.45) is 2.49. The second-order valence-corrected chi connectivity index (χ2v) is 13.1.